The van der Waals surface area contributed by atoms with Crippen molar-refractivity contribution >= 4 is 23.6 Å². The molecule has 1 aromatic rings. The van der Waals surface area contributed by atoms with Crippen molar-refractivity contribution in [2.45, 2.75) is 20.3 Å². The molecule has 0 heterocycles. The standard InChI is InChI=1S/C14H15ClO2/c1-8(2)13(14(16)17)10-6-9-4-3-5-12(15)11(9)7-10/h3-6,8,13H,7H2,1-2H3,(H,16,17). The van der Waals surface area contributed by atoms with E-state index in [0.717, 1.165) is 21.7 Å². The molecule has 2 nitrogen and oxygen atoms in total. The lowest BCUT2D eigenvalue weighted by atomic mass is 9.87. The zero-order valence-electron chi connectivity index (χ0n) is 9.90. The van der Waals surface area contributed by atoms with Crippen molar-refractivity contribution in [3.8, 4) is 0 Å². The normalized spacial score (nSPS) is 15.6. The van der Waals surface area contributed by atoms with Crippen LogP contribution in [0.25, 0.3) is 6.08 Å². The maximum absolute atomic E-state index is 11.3. The van der Waals surface area contributed by atoms with E-state index in [1.54, 1.807) is 0 Å². The quantitative estimate of drug-likeness (QED) is 0.889. The molecule has 1 atom stereocenters. The second-order valence-corrected chi connectivity index (χ2v) is 5.17. The Kier molecular flexibility index (Phi) is 3.25. The number of hydrogen-bond acceptors (Lipinski definition) is 1. The highest BCUT2D eigenvalue weighted by atomic mass is 35.5. The van der Waals surface area contributed by atoms with Crippen LogP contribution in [0.4, 0.5) is 0 Å². The van der Waals surface area contributed by atoms with Gasteiger partial charge >= 0.3 is 5.97 Å². The first-order valence-electron chi connectivity index (χ1n) is 5.71. The maximum Gasteiger partial charge on any atom is 0.310 e. The van der Waals surface area contributed by atoms with E-state index in [1.165, 1.54) is 0 Å². The third-order valence-electron chi connectivity index (χ3n) is 3.21. The van der Waals surface area contributed by atoms with Crippen LogP contribution in [0.1, 0.15) is 25.0 Å². The van der Waals surface area contributed by atoms with Gasteiger partial charge in [-0.05, 0) is 29.5 Å². The molecular formula is C14H15ClO2. The lowest BCUT2D eigenvalue weighted by Gasteiger charge is -2.17. The molecule has 0 bridgehead atoms. The molecule has 90 valence electrons. The third kappa shape index (κ3) is 2.22. The van der Waals surface area contributed by atoms with Crippen LogP contribution in [0.5, 0.6) is 0 Å². The topological polar surface area (TPSA) is 37.3 Å². The lowest BCUT2D eigenvalue weighted by molar-refractivity contribution is -0.141. The average Bonchev–Trinajstić information content (AvgIpc) is 2.61. The molecule has 0 fully saturated rings. The molecule has 0 saturated carbocycles. The van der Waals surface area contributed by atoms with Crippen molar-refractivity contribution in [2.75, 3.05) is 0 Å². The third-order valence-corrected chi connectivity index (χ3v) is 3.56. The fraction of sp³-hybridized carbons (Fsp3) is 0.357. The Labute approximate surface area is 106 Å². The molecule has 1 unspecified atom stereocenters. The SMILES string of the molecule is CC(C)C(C(=O)O)C1=Cc2cccc(Cl)c2C1. The molecule has 1 aliphatic rings. The highest BCUT2D eigenvalue weighted by Gasteiger charge is 2.29. The maximum atomic E-state index is 11.3. The Hall–Kier alpha value is -1.28. The van der Waals surface area contributed by atoms with Crippen LogP contribution in [-0.2, 0) is 11.2 Å². The van der Waals surface area contributed by atoms with Crippen molar-refractivity contribution in [1.82, 2.24) is 0 Å². The molecule has 0 aliphatic heterocycles. The fourth-order valence-corrected chi connectivity index (χ4v) is 2.67. The average molecular weight is 251 g/mol. The largest absolute Gasteiger partial charge is 0.481 e. The van der Waals surface area contributed by atoms with Crippen LogP contribution < -0.4 is 0 Å². The Balaban J connectivity index is 2.35. The van der Waals surface area contributed by atoms with Crippen LogP contribution in [0.3, 0.4) is 0 Å². The minimum absolute atomic E-state index is 0.0897. The highest BCUT2D eigenvalue weighted by Crippen LogP contribution is 2.36. The molecule has 17 heavy (non-hydrogen) atoms. The van der Waals surface area contributed by atoms with Crippen LogP contribution in [0, 0.1) is 11.8 Å². The van der Waals surface area contributed by atoms with Gasteiger partial charge in [-0.2, -0.15) is 0 Å². The van der Waals surface area contributed by atoms with Crippen LogP contribution in [-0.4, -0.2) is 11.1 Å². The van der Waals surface area contributed by atoms with E-state index in [-0.39, 0.29) is 5.92 Å². The molecule has 0 amide bonds. The molecule has 1 N–H and O–H groups in total. The van der Waals surface area contributed by atoms with Crippen LogP contribution >= 0.6 is 11.6 Å². The minimum Gasteiger partial charge on any atom is -0.481 e. The first kappa shape index (κ1) is 12.2. The monoisotopic (exact) mass is 250 g/mol. The molecule has 1 aliphatic carbocycles. The van der Waals surface area contributed by atoms with Crippen molar-refractivity contribution < 1.29 is 9.90 Å². The summed E-state index contributed by atoms with van der Waals surface area (Å²) in [6, 6.07) is 5.72. The van der Waals surface area contributed by atoms with Crippen molar-refractivity contribution in [2.24, 2.45) is 11.8 Å². The number of rotatable bonds is 3. The summed E-state index contributed by atoms with van der Waals surface area (Å²) in [6.45, 7) is 3.87. The van der Waals surface area contributed by atoms with Crippen molar-refractivity contribution in [1.29, 1.82) is 0 Å². The number of carbonyl (C=O) groups is 1. The number of aliphatic carboxylic acids is 1. The van der Waals surface area contributed by atoms with Gasteiger partial charge in [-0.25, -0.2) is 0 Å². The zero-order valence-corrected chi connectivity index (χ0v) is 10.7. The van der Waals surface area contributed by atoms with Gasteiger partial charge in [0.2, 0.25) is 0 Å². The summed E-state index contributed by atoms with van der Waals surface area (Å²) in [7, 11) is 0. The van der Waals surface area contributed by atoms with Gasteiger partial charge in [0.15, 0.2) is 0 Å². The molecule has 3 heteroatoms. The van der Waals surface area contributed by atoms with Gasteiger partial charge in [-0.3, -0.25) is 4.79 Å². The van der Waals surface area contributed by atoms with E-state index < -0.39 is 11.9 Å². The van der Waals surface area contributed by atoms with Gasteiger partial charge in [0.05, 0.1) is 5.92 Å². The van der Waals surface area contributed by atoms with Gasteiger partial charge in [0.1, 0.15) is 0 Å². The summed E-state index contributed by atoms with van der Waals surface area (Å²) < 4.78 is 0. The first-order valence-corrected chi connectivity index (χ1v) is 6.09. The summed E-state index contributed by atoms with van der Waals surface area (Å²) in [6.07, 6.45) is 2.63. The highest BCUT2D eigenvalue weighted by molar-refractivity contribution is 6.31. The number of carboxylic acids is 1. The summed E-state index contributed by atoms with van der Waals surface area (Å²) in [5.74, 6) is -1.08. The number of halogens is 1. The zero-order chi connectivity index (χ0) is 12.6. The van der Waals surface area contributed by atoms with Gasteiger partial charge in [0, 0.05) is 5.02 Å². The molecule has 1 aromatic carbocycles. The van der Waals surface area contributed by atoms with Gasteiger partial charge < -0.3 is 5.11 Å². The van der Waals surface area contributed by atoms with E-state index in [2.05, 4.69) is 0 Å². The van der Waals surface area contributed by atoms with Crippen LogP contribution in [0.15, 0.2) is 23.8 Å². The smallest absolute Gasteiger partial charge is 0.310 e. The molecule has 2 rings (SSSR count). The number of benzene rings is 1. The Morgan fingerprint density at radius 2 is 2.12 bits per heavy atom. The molecular weight excluding hydrogens is 236 g/mol. The summed E-state index contributed by atoms with van der Waals surface area (Å²) in [5.41, 5.74) is 3.06. The summed E-state index contributed by atoms with van der Waals surface area (Å²) in [5, 5.41) is 10.0. The van der Waals surface area contributed by atoms with E-state index in [0.29, 0.717) is 6.42 Å². The van der Waals surface area contributed by atoms with Crippen molar-refractivity contribution in [3.63, 3.8) is 0 Å². The Morgan fingerprint density at radius 1 is 1.41 bits per heavy atom. The van der Waals surface area contributed by atoms with E-state index in [9.17, 15) is 9.90 Å². The van der Waals surface area contributed by atoms with Crippen molar-refractivity contribution in [3.05, 3.63) is 39.9 Å². The van der Waals surface area contributed by atoms with Gasteiger partial charge in [0.25, 0.3) is 0 Å². The molecule has 0 radical (unpaired) electrons. The minimum atomic E-state index is -0.754. The van der Waals surface area contributed by atoms with Gasteiger partial charge in [-0.15, -0.1) is 0 Å². The van der Waals surface area contributed by atoms with Gasteiger partial charge in [-0.1, -0.05) is 49.2 Å². The summed E-state index contributed by atoms with van der Waals surface area (Å²) in [4.78, 5) is 11.3. The lowest BCUT2D eigenvalue weighted by Crippen LogP contribution is -2.22. The Bertz CT molecular complexity index is 489. The molecule has 0 spiro atoms. The molecule has 0 saturated heterocycles. The number of hydrogen-bond donors (Lipinski definition) is 1. The second-order valence-electron chi connectivity index (χ2n) is 4.76. The van der Waals surface area contributed by atoms with Crippen LogP contribution in [0.2, 0.25) is 5.02 Å². The van der Waals surface area contributed by atoms with E-state index in [4.69, 9.17) is 11.6 Å². The predicted octanol–water partition coefficient (Wildman–Crippen LogP) is 3.64. The molecule has 0 aromatic heterocycles. The number of fused-ring (bicyclic) bond motifs is 1. The van der Waals surface area contributed by atoms with E-state index >= 15 is 0 Å². The first-order chi connectivity index (χ1) is 8.00. The predicted molar refractivity (Wildman–Crippen MR) is 69.1 cm³/mol. The number of carboxylic acid groups (broad SMARTS) is 1. The fourth-order valence-electron chi connectivity index (χ4n) is 2.42. The summed E-state index contributed by atoms with van der Waals surface area (Å²) >= 11 is 6.12. The van der Waals surface area contributed by atoms with E-state index in [1.807, 2.05) is 38.1 Å². The second kappa shape index (κ2) is 4.53. The Morgan fingerprint density at radius 3 is 2.65 bits per heavy atom.